The molecule has 1 aromatic rings. The molecule has 6 heteroatoms. The molecule has 0 aromatic carbocycles. The lowest BCUT2D eigenvalue weighted by molar-refractivity contribution is -0.123. The van der Waals surface area contributed by atoms with Gasteiger partial charge in [0.05, 0.1) is 23.8 Å². The molecule has 21 heavy (non-hydrogen) atoms. The summed E-state index contributed by atoms with van der Waals surface area (Å²) in [7, 11) is 4.13. The maximum absolute atomic E-state index is 12.3. The van der Waals surface area contributed by atoms with Crippen molar-refractivity contribution in [2.75, 3.05) is 20.6 Å². The standard InChI is InChI=1S/C15H27N5O/c1-10(2)5-11(20(3)4)7-17-15(21)13-6-12-14(8-16-13)19-9-18-12/h9-11,13,16H,5-8H2,1-4H3,(H,17,21)(H,18,19). The number of amides is 1. The van der Waals surface area contributed by atoms with E-state index in [4.69, 9.17) is 0 Å². The highest BCUT2D eigenvalue weighted by molar-refractivity contribution is 5.82. The second-order valence-corrected chi connectivity index (χ2v) is 6.46. The van der Waals surface area contributed by atoms with Crippen LogP contribution in [0.2, 0.25) is 0 Å². The average Bonchev–Trinajstić information content (AvgIpc) is 2.89. The van der Waals surface area contributed by atoms with Gasteiger partial charge in [0.2, 0.25) is 5.91 Å². The third kappa shape index (κ3) is 4.28. The van der Waals surface area contributed by atoms with E-state index in [0.717, 1.165) is 17.8 Å². The number of hydrogen-bond acceptors (Lipinski definition) is 4. The van der Waals surface area contributed by atoms with Gasteiger partial charge in [-0.3, -0.25) is 10.1 Å². The van der Waals surface area contributed by atoms with E-state index in [1.165, 1.54) is 0 Å². The van der Waals surface area contributed by atoms with Crippen molar-refractivity contribution in [3.8, 4) is 0 Å². The summed E-state index contributed by atoms with van der Waals surface area (Å²) < 4.78 is 0. The van der Waals surface area contributed by atoms with Crippen LogP contribution in [0.15, 0.2) is 6.33 Å². The summed E-state index contributed by atoms with van der Waals surface area (Å²) in [5.74, 6) is 0.688. The average molecular weight is 293 g/mol. The maximum Gasteiger partial charge on any atom is 0.237 e. The monoisotopic (exact) mass is 293 g/mol. The van der Waals surface area contributed by atoms with Crippen LogP contribution in [0.25, 0.3) is 0 Å². The molecule has 0 radical (unpaired) electrons. The highest BCUT2D eigenvalue weighted by Gasteiger charge is 2.26. The van der Waals surface area contributed by atoms with Crippen LogP contribution in [0, 0.1) is 5.92 Å². The van der Waals surface area contributed by atoms with Crippen molar-refractivity contribution >= 4 is 5.91 Å². The number of nitrogens with zero attached hydrogens (tertiary/aromatic N) is 2. The third-order valence-corrected chi connectivity index (χ3v) is 4.03. The Morgan fingerprint density at radius 2 is 2.29 bits per heavy atom. The van der Waals surface area contributed by atoms with Gasteiger partial charge in [0, 0.05) is 25.6 Å². The molecule has 118 valence electrons. The maximum atomic E-state index is 12.3. The first-order chi connectivity index (χ1) is 9.97. The van der Waals surface area contributed by atoms with Crippen LogP contribution >= 0.6 is 0 Å². The van der Waals surface area contributed by atoms with Crippen molar-refractivity contribution < 1.29 is 4.79 Å². The fraction of sp³-hybridized carbons (Fsp3) is 0.733. The van der Waals surface area contributed by atoms with E-state index in [0.29, 0.717) is 31.5 Å². The van der Waals surface area contributed by atoms with Crippen LogP contribution < -0.4 is 10.6 Å². The van der Waals surface area contributed by atoms with Crippen LogP contribution in [0.5, 0.6) is 0 Å². The van der Waals surface area contributed by atoms with Crippen LogP contribution in [0.1, 0.15) is 31.7 Å². The van der Waals surface area contributed by atoms with E-state index in [1.54, 1.807) is 6.33 Å². The van der Waals surface area contributed by atoms with Gasteiger partial charge < -0.3 is 15.2 Å². The first-order valence-corrected chi connectivity index (χ1v) is 7.66. The second-order valence-electron chi connectivity index (χ2n) is 6.46. The molecule has 0 saturated carbocycles. The van der Waals surface area contributed by atoms with Gasteiger partial charge in [0.25, 0.3) is 0 Å². The molecular formula is C15H27N5O. The number of carbonyl (C=O) groups excluding carboxylic acids is 1. The summed E-state index contributed by atoms with van der Waals surface area (Å²) in [5.41, 5.74) is 2.09. The number of aromatic nitrogens is 2. The fourth-order valence-electron chi connectivity index (χ4n) is 2.72. The van der Waals surface area contributed by atoms with E-state index in [1.807, 2.05) is 0 Å². The number of imidazole rings is 1. The third-order valence-electron chi connectivity index (χ3n) is 4.03. The zero-order valence-electron chi connectivity index (χ0n) is 13.4. The van der Waals surface area contributed by atoms with E-state index in [9.17, 15) is 4.79 Å². The molecule has 0 saturated heterocycles. The molecule has 0 spiro atoms. The molecule has 1 aromatic heterocycles. The number of rotatable bonds is 6. The Labute approximate surface area is 126 Å². The molecule has 2 unspecified atom stereocenters. The van der Waals surface area contributed by atoms with Crippen molar-refractivity contribution in [3.05, 3.63) is 17.7 Å². The molecule has 1 aliphatic heterocycles. The van der Waals surface area contributed by atoms with Gasteiger partial charge in [-0.2, -0.15) is 0 Å². The lowest BCUT2D eigenvalue weighted by Gasteiger charge is -2.28. The van der Waals surface area contributed by atoms with Crippen LogP contribution in [0.3, 0.4) is 0 Å². The van der Waals surface area contributed by atoms with E-state index < -0.39 is 0 Å². The summed E-state index contributed by atoms with van der Waals surface area (Å²) in [6, 6.07) is 0.196. The highest BCUT2D eigenvalue weighted by atomic mass is 16.2. The fourth-order valence-corrected chi connectivity index (χ4v) is 2.72. The van der Waals surface area contributed by atoms with E-state index in [-0.39, 0.29) is 11.9 Å². The molecule has 2 rings (SSSR count). The topological polar surface area (TPSA) is 73.0 Å². The molecule has 2 atom stereocenters. The Kier molecular flexibility index (Phi) is 5.36. The number of carbonyl (C=O) groups is 1. The van der Waals surface area contributed by atoms with Crippen molar-refractivity contribution in [1.29, 1.82) is 0 Å². The SMILES string of the molecule is CC(C)CC(CNC(=O)C1Cc2nc[nH]c2CN1)N(C)C. The van der Waals surface area contributed by atoms with Gasteiger partial charge in [0.1, 0.15) is 0 Å². The molecular weight excluding hydrogens is 266 g/mol. The minimum absolute atomic E-state index is 0.0688. The minimum atomic E-state index is -0.178. The van der Waals surface area contributed by atoms with E-state index >= 15 is 0 Å². The van der Waals surface area contributed by atoms with Gasteiger partial charge in [-0.25, -0.2) is 4.98 Å². The number of likely N-dealkylation sites (N-methyl/N-ethyl adjacent to an activating group) is 1. The molecule has 0 bridgehead atoms. The summed E-state index contributed by atoms with van der Waals surface area (Å²) >= 11 is 0. The highest BCUT2D eigenvalue weighted by Crippen LogP contribution is 2.12. The molecule has 1 aliphatic rings. The first kappa shape index (κ1) is 16.0. The summed E-state index contributed by atoms with van der Waals surface area (Å²) in [4.78, 5) is 21.9. The Balaban J connectivity index is 1.84. The number of fused-ring (bicyclic) bond motifs is 1. The smallest absolute Gasteiger partial charge is 0.237 e. The number of H-pyrrole nitrogens is 1. The van der Waals surface area contributed by atoms with Crippen molar-refractivity contribution in [3.63, 3.8) is 0 Å². The van der Waals surface area contributed by atoms with E-state index in [2.05, 4.69) is 53.4 Å². The quantitative estimate of drug-likeness (QED) is 0.715. The summed E-state index contributed by atoms with van der Waals surface area (Å²) in [5, 5.41) is 6.34. The number of aromatic amines is 1. The van der Waals surface area contributed by atoms with Crippen molar-refractivity contribution in [2.45, 2.75) is 45.3 Å². The Morgan fingerprint density at radius 3 is 2.95 bits per heavy atom. The molecule has 3 N–H and O–H groups in total. The zero-order valence-corrected chi connectivity index (χ0v) is 13.4. The van der Waals surface area contributed by atoms with Gasteiger partial charge in [-0.05, 0) is 26.4 Å². The zero-order chi connectivity index (χ0) is 15.4. The molecule has 2 heterocycles. The minimum Gasteiger partial charge on any atom is -0.353 e. The summed E-state index contributed by atoms with van der Waals surface area (Å²) in [6.45, 7) is 5.78. The van der Waals surface area contributed by atoms with Crippen molar-refractivity contribution in [2.24, 2.45) is 5.92 Å². The van der Waals surface area contributed by atoms with Crippen molar-refractivity contribution in [1.82, 2.24) is 25.5 Å². The number of hydrogen-bond donors (Lipinski definition) is 3. The normalized spacial score (nSPS) is 19.6. The lowest BCUT2D eigenvalue weighted by atomic mass is 10.0. The van der Waals surface area contributed by atoms with Crippen LogP contribution in [-0.4, -0.2) is 53.5 Å². The van der Waals surface area contributed by atoms with Gasteiger partial charge in [-0.1, -0.05) is 13.8 Å². The predicted molar refractivity (Wildman–Crippen MR) is 82.9 cm³/mol. The van der Waals surface area contributed by atoms with Crippen LogP contribution in [0.4, 0.5) is 0 Å². The second kappa shape index (κ2) is 7.04. The summed E-state index contributed by atoms with van der Waals surface area (Å²) in [6.07, 6.45) is 3.42. The predicted octanol–water partition coefficient (Wildman–Crippen LogP) is 0.517. The molecule has 1 amide bonds. The Bertz CT molecular complexity index is 468. The Morgan fingerprint density at radius 1 is 1.52 bits per heavy atom. The lowest BCUT2D eigenvalue weighted by Crippen LogP contribution is -2.50. The van der Waals surface area contributed by atoms with Gasteiger partial charge in [0.15, 0.2) is 0 Å². The number of nitrogens with one attached hydrogen (secondary N) is 3. The Hall–Kier alpha value is -1.40. The molecule has 0 aliphatic carbocycles. The largest absolute Gasteiger partial charge is 0.353 e. The molecule has 6 nitrogen and oxygen atoms in total. The van der Waals surface area contributed by atoms with Gasteiger partial charge in [-0.15, -0.1) is 0 Å². The van der Waals surface area contributed by atoms with Gasteiger partial charge >= 0.3 is 0 Å². The first-order valence-electron chi connectivity index (χ1n) is 7.66. The van der Waals surface area contributed by atoms with Crippen LogP contribution in [-0.2, 0) is 17.8 Å². The molecule has 0 fully saturated rings.